The van der Waals surface area contributed by atoms with Gasteiger partial charge in [-0.3, -0.25) is 9.67 Å². The van der Waals surface area contributed by atoms with Crippen molar-refractivity contribution in [2.45, 2.75) is 6.92 Å². The number of hydrogen-bond donors (Lipinski definition) is 3. The molecule has 3 aromatic heterocycles. The summed E-state index contributed by atoms with van der Waals surface area (Å²) < 4.78 is 2.39. The van der Waals surface area contributed by atoms with Crippen molar-refractivity contribution >= 4 is 34.0 Å². The number of hydrogen-bond acceptors (Lipinski definition) is 4. The van der Waals surface area contributed by atoms with Crippen LogP contribution in [0.5, 0.6) is 5.75 Å². The van der Waals surface area contributed by atoms with Crippen LogP contribution in [0, 0.1) is 11.7 Å². The first-order chi connectivity index (χ1) is 16.1. The Labute approximate surface area is 194 Å². The van der Waals surface area contributed by atoms with Crippen molar-refractivity contribution < 1.29 is 5.11 Å². The van der Waals surface area contributed by atoms with E-state index in [0.717, 1.165) is 38.8 Å². The second-order valence-corrected chi connectivity index (χ2v) is 8.41. The normalized spacial score (nSPS) is 11.4. The van der Waals surface area contributed by atoms with Gasteiger partial charge in [0.1, 0.15) is 11.4 Å². The Kier molecular flexibility index (Phi) is 4.38. The van der Waals surface area contributed by atoms with Crippen LogP contribution in [0.1, 0.15) is 5.56 Å². The number of benzene rings is 3. The maximum atomic E-state index is 10.1. The van der Waals surface area contributed by atoms with Crippen molar-refractivity contribution in [1.29, 1.82) is 0 Å². The number of aromatic amines is 2. The van der Waals surface area contributed by atoms with Crippen molar-refractivity contribution in [3.8, 4) is 34.2 Å². The van der Waals surface area contributed by atoms with Crippen LogP contribution in [0.2, 0.25) is 0 Å². The zero-order chi connectivity index (χ0) is 22.5. The lowest BCUT2D eigenvalue weighted by molar-refractivity contribution is 0.475. The first kappa shape index (κ1) is 19.5. The summed E-state index contributed by atoms with van der Waals surface area (Å²) >= 11 is 5.57. The number of rotatable bonds is 3. The van der Waals surface area contributed by atoms with Gasteiger partial charge in [-0.2, -0.15) is 5.10 Å². The Balaban J connectivity index is 1.68. The molecule has 3 aromatic carbocycles. The average Bonchev–Trinajstić information content (AvgIpc) is 3.39. The van der Waals surface area contributed by atoms with Gasteiger partial charge in [-0.25, -0.2) is 4.98 Å². The van der Waals surface area contributed by atoms with Gasteiger partial charge in [0.2, 0.25) is 0 Å². The lowest BCUT2D eigenvalue weighted by Gasteiger charge is -2.10. The molecular weight excluding hydrogens is 430 g/mol. The van der Waals surface area contributed by atoms with Gasteiger partial charge in [0.05, 0.1) is 16.9 Å². The predicted octanol–water partition coefficient (Wildman–Crippen LogP) is 6.31. The van der Waals surface area contributed by atoms with Gasteiger partial charge in [0, 0.05) is 21.9 Å². The standard InChI is InChI=1S/C26H19N5OS/c1-15-9-11-17(12-10-15)31-25(29-30-26(31)33)22-14-20-19-7-2-3-8-21(19)27-24(20)23(28-22)16-5-4-6-18(32)13-16/h2-14,27,32H,1H3,(H,30,33). The van der Waals surface area contributed by atoms with E-state index in [-0.39, 0.29) is 5.75 Å². The predicted molar refractivity (Wildman–Crippen MR) is 133 cm³/mol. The molecule has 0 spiro atoms. The SMILES string of the molecule is Cc1ccc(-n2c(-c3cc4c([nH]c5ccccc54)c(-c4cccc(O)c4)n3)n[nH]c2=S)cc1. The van der Waals surface area contributed by atoms with E-state index in [1.54, 1.807) is 12.1 Å². The van der Waals surface area contributed by atoms with Crippen LogP contribution in [0.15, 0.2) is 78.9 Å². The zero-order valence-electron chi connectivity index (χ0n) is 17.7. The fourth-order valence-electron chi connectivity index (χ4n) is 4.22. The highest BCUT2D eigenvalue weighted by molar-refractivity contribution is 7.71. The van der Waals surface area contributed by atoms with Gasteiger partial charge < -0.3 is 10.1 Å². The molecule has 3 N–H and O–H groups in total. The highest BCUT2D eigenvalue weighted by Crippen LogP contribution is 2.36. The molecule has 0 radical (unpaired) electrons. The Morgan fingerprint density at radius 1 is 0.909 bits per heavy atom. The molecule has 0 saturated carbocycles. The minimum Gasteiger partial charge on any atom is -0.508 e. The molecule has 0 fully saturated rings. The number of H-pyrrole nitrogens is 2. The third kappa shape index (κ3) is 3.21. The van der Waals surface area contributed by atoms with Crippen LogP contribution < -0.4 is 0 Å². The average molecular weight is 450 g/mol. The van der Waals surface area contributed by atoms with Crippen LogP contribution >= 0.6 is 12.2 Å². The van der Waals surface area contributed by atoms with Gasteiger partial charge in [0.25, 0.3) is 0 Å². The van der Waals surface area contributed by atoms with E-state index < -0.39 is 0 Å². The van der Waals surface area contributed by atoms with Crippen molar-refractivity contribution in [3.63, 3.8) is 0 Å². The molecule has 0 amide bonds. The van der Waals surface area contributed by atoms with E-state index in [0.29, 0.717) is 16.3 Å². The maximum absolute atomic E-state index is 10.1. The molecule has 160 valence electrons. The summed E-state index contributed by atoms with van der Waals surface area (Å²) in [6.07, 6.45) is 0. The molecule has 0 aliphatic carbocycles. The summed E-state index contributed by atoms with van der Waals surface area (Å²) in [4.78, 5) is 8.50. The number of aromatic hydroxyl groups is 1. The summed E-state index contributed by atoms with van der Waals surface area (Å²) in [7, 11) is 0. The Bertz CT molecular complexity index is 1710. The molecule has 0 saturated heterocycles. The van der Waals surface area contributed by atoms with Crippen LogP contribution in [-0.4, -0.2) is 29.8 Å². The Morgan fingerprint density at radius 2 is 1.73 bits per heavy atom. The minimum absolute atomic E-state index is 0.186. The summed E-state index contributed by atoms with van der Waals surface area (Å²) in [5, 5.41) is 19.7. The number of aromatic nitrogens is 5. The lowest BCUT2D eigenvalue weighted by Crippen LogP contribution is -2.00. The highest BCUT2D eigenvalue weighted by atomic mass is 32.1. The highest BCUT2D eigenvalue weighted by Gasteiger charge is 2.18. The first-order valence-corrected chi connectivity index (χ1v) is 10.9. The largest absolute Gasteiger partial charge is 0.508 e. The molecule has 3 heterocycles. The molecule has 0 unspecified atom stereocenters. The first-order valence-electron chi connectivity index (χ1n) is 10.5. The summed E-state index contributed by atoms with van der Waals surface area (Å²) in [6, 6.07) is 25.4. The van der Waals surface area contributed by atoms with E-state index >= 15 is 0 Å². The van der Waals surface area contributed by atoms with E-state index in [2.05, 4.69) is 21.2 Å². The molecule has 0 aliphatic rings. The Morgan fingerprint density at radius 3 is 2.55 bits per heavy atom. The van der Waals surface area contributed by atoms with Crippen LogP contribution in [0.4, 0.5) is 0 Å². The summed E-state index contributed by atoms with van der Waals surface area (Å²) in [5.41, 5.74) is 6.22. The molecule has 6 aromatic rings. The number of phenols is 1. The number of para-hydroxylation sites is 1. The topological polar surface area (TPSA) is 82.5 Å². The molecule has 0 bridgehead atoms. The second kappa shape index (κ2) is 7.43. The number of fused-ring (bicyclic) bond motifs is 3. The monoisotopic (exact) mass is 449 g/mol. The zero-order valence-corrected chi connectivity index (χ0v) is 18.5. The van der Waals surface area contributed by atoms with Gasteiger partial charge in [0.15, 0.2) is 10.6 Å². The van der Waals surface area contributed by atoms with E-state index in [4.69, 9.17) is 17.2 Å². The fourth-order valence-corrected chi connectivity index (χ4v) is 4.46. The lowest BCUT2D eigenvalue weighted by atomic mass is 10.1. The molecule has 33 heavy (non-hydrogen) atoms. The molecular formula is C26H19N5OS. The number of nitrogens with one attached hydrogen (secondary N) is 2. The fraction of sp³-hybridized carbons (Fsp3) is 0.0385. The van der Waals surface area contributed by atoms with Gasteiger partial charge in [-0.05, 0) is 55.5 Å². The second-order valence-electron chi connectivity index (χ2n) is 8.02. The molecule has 7 heteroatoms. The third-order valence-corrected chi connectivity index (χ3v) is 6.08. The van der Waals surface area contributed by atoms with Crippen LogP contribution in [0.3, 0.4) is 0 Å². The van der Waals surface area contributed by atoms with Crippen LogP contribution in [0.25, 0.3) is 50.3 Å². The van der Waals surface area contributed by atoms with Gasteiger partial charge in [-0.1, -0.05) is 48.0 Å². The van der Waals surface area contributed by atoms with Crippen molar-refractivity contribution in [2.75, 3.05) is 0 Å². The molecule has 6 nitrogen and oxygen atoms in total. The summed E-state index contributed by atoms with van der Waals surface area (Å²) in [6.45, 7) is 2.05. The quantitative estimate of drug-likeness (QED) is 0.277. The Hall–Kier alpha value is -4.23. The van der Waals surface area contributed by atoms with Crippen molar-refractivity contribution in [1.82, 2.24) is 24.7 Å². The van der Waals surface area contributed by atoms with Gasteiger partial charge in [-0.15, -0.1) is 0 Å². The maximum Gasteiger partial charge on any atom is 0.200 e. The minimum atomic E-state index is 0.186. The number of phenolic OH excluding ortho intramolecular Hbond substituents is 1. The van der Waals surface area contributed by atoms with E-state index in [9.17, 15) is 5.11 Å². The number of aryl methyl sites for hydroxylation is 1. The van der Waals surface area contributed by atoms with E-state index in [1.165, 1.54) is 5.56 Å². The molecule has 6 rings (SSSR count). The van der Waals surface area contributed by atoms with E-state index in [1.807, 2.05) is 72.2 Å². The van der Waals surface area contributed by atoms with Crippen molar-refractivity contribution in [2.24, 2.45) is 0 Å². The smallest absolute Gasteiger partial charge is 0.200 e. The molecule has 0 aliphatic heterocycles. The van der Waals surface area contributed by atoms with Crippen LogP contribution in [-0.2, 0) is 0 Å². The third-order valence-electron chi connectivity index (χ3n) is 5.81. The van der Waals surface area contributed by atoms with Crippen molar-refractivity contribution in [3.05, 3.63) is 89.2 Å². The molecule has 0 atom stereocenters. The number of nitrogens with zero attached hydrogens (tertiary/aromatic N) is 3. The number of pyridine rings is 1. The van der Waals surface area contributed by atoms with Gasteiger partial charge >= 0.3 is 0 Å². The summed E-state index contributed by atoms with van der Waals surface area (Å²) in [5.74, 6) is 0.809.